The first-order chi connectivity index (χ1) is 19.4. The van der Waals surface area contributed by atoms with Gasteiger partial charge in [0, 0.05) is 28.5 Å². The van der Waals surface area contributed by atoms with E-state index in [2.05, 4.69) is 10.0 Å². The first-order valence-corrected chi connectivity index (χ1v) is 15.0. The summed E-state index contributed by atoms with van der Waals surface area (Å²) >= 11 is 6.26. The van der Waals surface area contributed by atoms with Crippen molar-refractivity contribution in [2.45, 2.75) is 51.7 Å². The molecule has 2 N–H and O–H groups in total. The second-order valence-corrected chi connectivity index (χ2v) is 12.1. The molecule has 0 unspecified atom stereocenters. The molecule has 2 heterocycles. The summed E-state index contributed by atoms with van der Waals surface area (Å²) in [6, 6.07) is 15.7. The van der Waals surface area contributed by atoms with Gasteiger partial charge in [0.1, 0.15) is 17.2 Å². The van der Waals surface area contributed by atoms with Gasteiger partial charge in [-0.3, -0.25) is 9.59 Å². The van der Waals surface area contributed by atoms with Gasteiger partial charge >= 0.3 is 0 Å². The van der Waals surface area contributed by atoms with E-state index in [4.69, 9.17) is 21.1 Å². The summed E-state index contributed by atoms with van der Waals surface area (Å²) in [5.41, 5.74) is 3.60. The zero-order valence-corrected chi connectivity index (χ0v) is 24.7. The van der Waals surface area contributed by atoms with E-state index < -0.39 is 22.0 Å². The van der Waals surface area contributed by atoms with Crippen LogP contribution in [0.25, 0.3) is 10.9 Å². The molecule has 2 amide bonds. The van der Waals surface area contributed by atoms with E-state index >= 15 is 0 Å². The van der Waals surface area contributed by atoms with Crippen molar-refractivity contribution in [3.05, 3.63) is 82.0 Å². The Bertz CT molecular complexity index is 1770. The van der Waals surface area contributed by atoms with Gasteiger partial charge in [-0.25, -0.2) is 13.1 Å². The summed E-state index contributed by atoms with van der Waals surface area (Å²) in [5.74, 6) is -0.150. The minimum absolute atomic E-state index is 0.113. The number of fused-ring (bicyclic) bond motifs is 2. The lowest BCUT2D eigenvalue weighted by molar-refractivity contribution is -0.122. The smallest absolute Gasteiger partial charge is 0.281 e. The van der Waals surface area contributed by atoms with Crippen molar-refractivity contribution in [2.24, 2.45) is 0 Å². The van der Waals surface area contributed by atoms with Crippen molar-refractivity contribution >= 4 is 50.0 Å². The fourth-order valence-corrected chi connectivity index (χ4v) is 6.22. The molecule has 5 rings (SSSR count). The van der Waals surface area contributed by atoms with Gasteiger partial charge in [-0.2, -0.15) is 0 Å². The highest BCUT2D eigenvalue weighted by molar-refractivity contribution is 7.90. The van der Waals surface area contributed by atoms with Crippen molar-refractivity contribution in [1.82, 2.24) is 9.29 Å². The van der Waals surface area contributed by atoms with E-state index in [0.717, 1.165) is 22.0 Å². The predicted molar refractivity (Wildman–Crippen MR) is 158 cm³/mol. The molecular weight excluding hydrogens is 566 g/mol. The molecule has 9 nitrogen and oxygen atoms in total. The van der Waals surface area contributed by atoms with Crippen LogP contribution in [0.15, 0.2) is 59.5 Å². The average molecular weight is 596 g/mol. The Kier molecular flexibility index (Phi) is 7.72. The van der Waals surface area contributed by atoms with Crippen LogP contribution in [0.4, 0.5) is 5.69 Å². The van der Waals surface area contributed by atoms with Crippen molar-refractivity contribution in [3.8, 4) is 11.5 Å². The molecule has 0 aliphatic carbocycles. The first kappa shape index (κ1) is 28.5. The number of hydrogen-bond acceptors (Lipinski definition) is 6. The summed E-state index contributed by atoms with van der Waals surface area (Å²) < 4.78 is 42.3. The standard InChI is InChI=1S/C30H30ClN3O6S/c1-17-14-23-26(40-20(4)29(35)32-23)16-27(17)41(37,38)33-30(36)25-15-21-8-5-6-9-24(21)34(25)10-7-11-39-22-12-18(2)28(31)19(3)13-22/h5-6,8-9,12-16,20H,7,10-11H2,1-4H3,(H,32,35)(H,33,36)/t20-/m0/s1. The molecule has 0 spiro atoms. The maximum atomic E-state index is 13.4. The first-order valence-electron chi connectivity index (χ1n) is 13.1. The number of aryl methyl sites for hydroxylation is 4. The van der Waals surface area contributed by atoms with Crippen LogP contribution in [0.2, 0.25) is 5.02 Å². The highest BCUT2D eigenvalue weighted by Crippen LogP contribution is 2.34. The van der Waals surface area contributed by atoms with E-state index in [1.54, 1.807) is 24.5 Å². The van der Waals surface area contributed by atoms with Crippen LogP contribution in [-0.2, 0) is 21.4 Å². The number of halogens is 1. The fourth-order valence-electron chi connectivity index (χ4n) is 4.90. The van der Waals surface area contributed by atoms with Crippen LogP contribution < -0.4 is 19.5 Å². The highest BCUT2D eigenvalue weighted by Gasteiger charge is 2.29. The van der Waals surface area contributed by atoms with Gasteiger partial charge in [0.15, 0.2) is 6.10 Å². The third-order valence-corrected chi connectivity index (χ3v) is 9.04. The van der Waals surface area contributed by atoms with E-state index in [-0.39, 0.29) is 22.2 Å². The normalized spacial score (nSPS) is 14.8. The summed E-state index contributed by atoms with van der Waals surface area (Å²) in [7, 11) is -4.27. The van der Waals surface area contributed by atoms with Crippen molar-refractivity contribution in [2.75, 3.05) is 11.9 Å². The average Bonchev–Trinajstić information content (AvgIpc) is 3.29. The highest BCUT2D eigenvalue weighted by atomic mass is 35.5. The number of benzene rings is 3. The summed E-state index contributed by atoms with van der Waals surface area (Å²) in [4.78, 5) is 25.3. The van der Waals surface area contributed by atoms with Crippen LogP contribution in [0.1, 0.15) is 40.5 Å². The molecule has 11 heteroatoms. The number of aromatic nitrogens is 1. The number of nitrogens with zero attached hydrogens (tertiary/aromatic N) is 1. The number of rotatable bonds is 8. The van der Waals surface area contributed by atoms with Gasteiger partial charge in [0.2, 0.25) is 0 Å². The van der Waals surface area contributed by atoms with Gasteiger partial charge in [-0.05, 0) is 81.1 Å². The van der Waals surface area contributed by atoms with Gasteiger partial charge < -0.3 is 19.4 Å². The van der Waals surface area contributed by atoms with Gasteiger partial charge in [0.25, 0.3) is 21.8 Å². The number of para-hydroxylation sites is 1. The van der Waals surface area contributed by atoms with Crippen molar-refractivity contribution in [1.29, 1.82) is 0 Å². The maximum Gasteiger partial charge on any atom is 0.281 e. The third kappa shape index (κ3) is 5.75. The quantitative estimate of drug-likeness (QED) is 0.259. The van der Waals surface area contributed by atoms with E-state index in [1.165, 1.54) is 12.1 Å². The zero-order valence-electron chi connectivity index (χ0n) is 23.1. The van der Waals surface area contributed by atoms with Gasteiger partial charge in [-0.15, -0.1) is 0 Å². The van der Waals surface area contributed by atoms with E-state index in [0.29, 0.717) is 41.6 Å². The molecule has 0 fully saturated rings. The second kappa shape index (κ2) is 11.1. The predicted octanol–water partition coefficient (Wildman–Crippen LogP) is 5.53. The van der Waals surface area contributed by atoms with Crippen LogP contribution in [0.3, 0.4) is 0 Å². The molecular formula is C30H30ClN3O6S. The van der Waals surface area contributed by atoms with Crippen LogP contribution in [-0.4, -0.2) is 37.5 Å². The van der Waals surface area contributed by atoms with E-state index in [1.807, 2.05) is 50.2 Å². The van der Waals surface area contributed by atoms with Crippen LogP contribution in [0.5, 0.6) is 11.5 Å². The molecule has 0 saturated carbocycles. The molecule has 1 atom stereocenters. The number of carbonyl (C=O) groups is 2. The lowest BCUT2D eigenvalue weighted by atomic mass is 10.1. The van der Waals surface area contributed by atoms with Crippen LogP contribution in [0, 0.1) is 20.8 Å². The molecule has 0 saturated heterocycles. The number of amides is 2. The Balaban J connectivity index is 1.36. The molecule has 41 heavy (non-hydrogen) atoms. The maximum absolute atomic E-state index is 13.4. The molecule has 0 radical (unpaired) electrons. The number of ether oxygens (including phenoxy) is 2. The molecule has 1 aromatic heterocycles. The van der Waals surface area contributed by atoms with E-state index in [9.17, 15) is 18.0 Å². The third-order valence-electron chi connectivity index (χ3n) is 6.97. The molecule has 214 valence electrons. The molecule has 0 bridgehead atoms. The van der Waals surface area contributed by atoms with Crippen molar-refractivity contribution < 1.29 is 27.5 Å². The van der Waals surface area contributed by atoms with Crippen molar-refractivity contribution in [3.63, 3.8) is 0 Å². The number of carbonyl (C=O) groups excluding carboxylic acids is 2. The monoisotopic (exact) mass is 595 g/mol. The number of sulfonamides is 1. The number of hydrogen-bond donors (Lipinski definition) is 2. The minimum atomic E-state index is -4.27. The molecule has 4 aromatic rings. The molecule has 1 aliphatic rings. The molecule has 1 aliphatic heterocycles. The lowest BCUT2D eigenvalue weighted by Crippen LogP contribution is -2.35. The fraction of sp³-hybridized carbons (Fsp3) is 0.267. The minimum Gasteiger partial charge on any atom is -0.494 e. The van der Waals surface area contributed by atoms with Crippen LogP contribution >= 0.6 is 11.6 Å². The Hall–Kier alpha value is -4.02. The van der Waals surface area contributed by atoms with Gasteiger partial charge in [-0.1, -0.05) is 29.8 Å². The summed E-state index contributed by atoms with van der Waals surface area (Å²) in [5, 5.41) is 4.21. The second-order valence-electron chi connectivity index (χ2n) is 10.1. The Morgan fingerprint density at radius 3 is 2.51 bits per heavy atom. The Morgan fingerprint density at radius 1 is 1.07 bits per heavy atom. The Labute approximate surface area is 243 Å². The SMILES string of the molecule is Cc1cc2c(cc1S(=O)(=O)NC(=O)c1cc3ccccc3n1CCCOc1cc(C)c(Cl)c(C)c1)O[C@@H](C)C(=O)N2. The topological polar surface area (TPSA) is 116 Å². The lowest BCUT2D eigenvalue weighted by Gasteiger charge is -2.24. The largest absolute Gasteiger partial charge is 0.494 e. The Morgan fingerprint density at radius 2 is 1.78 bits per heavy atom. The number of nitrogens with one attached hydrogen (secondary N) is 2. The zero-order chi connectivity index (χ0) is 29.5. The summed E-state index contributed by atoms with van der Waals surface area (Å²) in [6.07, 6.45) is -0.208. The number of anilines is 1. The van der Waals surface area contributed by atoms with Gasteiger partial charge in [0.05, 0.1) is 17.2 Å². The summed E-state index contributed by atoms with van der Waals surface area (Å²) in [6.45, 7) is 7.80. The molecule has 3 aromatic carbocycles.